The fraction of sp³-hybridized carbons (Fsp3) is 0.100. The molecule has 0 amide bonds. The summed E-state index contributed by atoms with van der Waals surface area (Å²) in [4.78, 5) is 6.80. The molecule has 15 heavy (non-hydrogen) atoms. The van der Waals surface area contributed by atoms with E-state index in [2.05, 4.69) is 15.3 Å². The second kappa shape index (κ2) is 4.31. The van der Waals surface area contributed by atoms with Crippen LogP contribution in [-0.2, 0) is 6.54 Å². The number of anilines is 1. The second-order valence-electron chi connectivity index (χ2n) is 3.05. The van der Waals surface area contributed by atoms with E-state index < -0.39 is 0 Å². The van der Waals surface area contributed by atoms with Crippen molar-refractivity contribution in [2.24, 2.45) is 0 Å². The first kappa shape index (κ1) is 9.98. The summed E-state index contributed by atoms with van der Waals surface area (Å²) in [6, 6.07) is 4.20. The number of hydrogen-bond acceptors (Lipinski definition) is 2. The molecule has 0 saturated heterocycles. The van der Waals surface area contributed by atoms with E-state index in [0.717, 1.165) is 5.69 Å². The van der Waals surface area contributed by atoms with E-state index in [4.69, 9.17) is 11.6 Å². The van der Waals surface area contributed by atoms with Gasteiger partial charge in [0.05, 0.1) is 29.3 Å². The molecule has 0 spiro atoms. The van der Waals surface area contributed by atoms with Crippen molar-refractivity contribution < 1.29 is 4.39 Å². The standard InChI is InChI=1S/C10H9ClFN3/c11-9-2-1-7(12)3-10(9)14-5-8-4-13-6-15-8/h1-4,6,14H,5H2,(H,13,15). The Balaban J connectivity index is 2.07. The van der Waals surface area contributed by atoms with Gasteiger partial charge in [-0.05, 0) is 18.2 Å². The monoisotopic (exact) mass is 225 g/mol. The lowest BCUT2D eigenvalue weighted by molar-refractivity contribution is 0.628. The number of aromatic amines is 1. The van der Waals surface area contributed by atoms with Crippen LogP contribution in [0.1, 0.15) is 5.69 Å². The van der Waals surface area contributed by atoms with Gasteiger partial charge in [0, 0.05) is 6.20 Å². The fourth-order valence-electron chi connectivity index (χ4n) is 1.20. The highest BCUT2D eigenvalue weighted by atomic mass is 35.5. The van der Waals surface area contributed by atoms with E-state index in [1.54, 1.807) is 12.5 Å². The van der Waals surface area contributed by atoms with Gasteiger partial charge in [0.2, 0.25) is 0 Å². The van der Waals surface area contributed by atoms with Crippen LogP contribution in [0.2, 0.25) is 5.02 Å². The molecule has 0 aliphatic rings. The molecule has 78 valence electrons. The molecule has 0 aliphatic heterocycles. The first-order valence-corrected chi connectivity index (χ1v) is 4.79. The van der Waals surface area contributed by atoms with Gasteiger partial charge in [0.15, 0.2) is 0 Å². The number of hydrogen-bond donors (Lipinski definition) is 2. The normalized spacial score (nSPS) is 10.3. The number of nitrogens with zero attached hydrogens (tertiary/aromatic N) is 1. The Bertz CT molecular complexity index is 442. The molecule has 2 aromatic rings. The fourth-order valence-corrected chi connectivity index (χ4v) is 1.39. The minimum atomic E-state index is -0.313. The molecule has 2 rings (SSSR count). The van der Waals surface area contributed by atoms with Crippen molar-refractivity contribution in [1.82, 2.24) is 9.97 Å². The summed E-state index contributed by atoms with van der Waals surface area (Å²) in [6.07, 6.45) is 3.28. The molecule has 0 bridgehead atoms. The molecule has 0 atom stereocenters. The van der Waals surface area contributed by atoms with Crippen molar-refractivity contribution in [3.05, 3.63) is 47.3 Å². The zero-order valence-electron chi connectivity index (χ0n) is 7.80. The van der Waals surface area contributed by atoms with Gasteiger partial charge in [0.1, 0.15) is 5.82 Å². The molecule has 3 nitrogen and oxygen atoms in total. The van der Waals surface area contributed by atoms with Gasteiger partial charge < -0.3 is 10.3 Å². The minimum Gasteiger partial charge on any atom is -0.378 e. The van der Waals surface area contributed by atoms with Crippen LogP contribution in [0.15, 0.2) is 30.7 Å². The van der Waals surface area contributed by atoms with Gasteiger partial charge in [-0.25, -0.2) is 9.37 Å². The van der Waals surface area contributed by atoms with Crippen molar-refractivity contribution in [2.75, 3.05) is 5.32 Å². The summed E-state index contributed by atoms with van der Waals surface area (Å²) >= 11 is 5.88. The lowest BCUT2D eigenvalue weighted by Crippen LogP contribution is -2.00. The predicted octanol–water partition coefficient (Wildman–Crippen LogP) is 2.81. The van der Waals surface area contributed by atoms with Crippen LogP contribution in [0, 0.1) is 5.82 Å². The Kier molecular flexibility index (Phi) is 2.87. The topological polar surface area (TPSA) is 40.7 Å². The third-order valence-electron chi connectivity index (χ3n) is 1.95. The van der Waals surface area contributed by atoms with Crippen molar-refractivity contribution in [3.63, 3.8) is 0 Å². The lowest BCUT2D eigenvalue weighted by Gasteiger charge is -2.06. The van der Waals surface area contributed by atoms with Crippen molar-refractivity contribution >= 4 is 17.3 Å². The Morgan fingerprint density at radius 1 is 1.47 bits per heavy atom. The van der Waals surface area contributed by atoms with E-state index >= 15 is 0 Å². The van der Waals surface area contributed by atoms with E-state index in [0.29, 0.717) is 17.3 Å². The Morgan fingerprint density at radius 2 is 2.33 bits per heavy atom. The van der Waals surface area contributed by atoms with Crippen LogP contribution in [-0.4, -0.2) is 9.97 Å². The van der Waals surface area contributed by atoms with E-state index in [1.807, 2.05) is 0 Å². The molecule has 0 saturated carbocycles. The maximum Gasteiger partial charge on any atom is 0.125 e. The zero-order chi connectivity index (χ0) is 10.7. The number of benzene rings is 1. The van der Waals surface area contributed by atoms with E-state index in [9.17, 15) is 4.39 Å². The lowest BCUT2D eigenvalue weighted by atomic mass is 10.3. The number of imidazole rings is 1. The maximum absolute atomic E-state index is 12.9. The van der Waals surface area contributed by atoms with Gasteiger partial charge in [0.25, 0.3) is 0 Å². The SMILES string of the molecule is Fc1ccc(Cl)c(NCc2cnc[nH]2)c1. The Morgan fingerprint density at radius 3 is 3.07 bits per heavy atom. The quantitative estimate of drug-likeness (QED) is 0.843. The largest absolute Gasteiger partial charge is 0.378 e. The molecule has 1 aromatic carbocycles. The van der Waals surface area contributed by atoms with Gasteiger partial charge in [-0.2, -0.15) is 0 Å². The number of rotatable bonds is 3. The molecular formula is C10H9ClFN3. The predicted molar refractivity (Wildman–Crippen MR) is 57.3 cm³/mol. The molecule has 1 aromatic heterocycles. The number of nitrogens with one attached hydrogen (secondary N) is 2. The Hall–Kier alpha value is -1.55. The highest BCUT2D eigenvalue weighted by Gasteiger charge is 2.01. The summed E-state index contributed by atoms with van der Waals surface area (Å²) in [6.45, 7) is 0.531. The summed E-state index contributed by atoms with van der Waals surface area (Å²) in [5.41, 5.74) is 1.49. The first-order valence-electron chi connectivity index (χ1n) is 4.42. The Labute approximate surface area is 91.3 Å². The molecule has 1 heterocycles. The highest BCUT2D eigenvalue weighted by Crippen LogP contribution is 2.22. The molecule has 0 aliphatic carbocycles. The third kappa shape index (κ3) is 2.47. The van der Waals surface area contributed by atoms with Gasteiger partial charge >= 0.3 is 0 Å². The number of aromatic nitrogens is 2. The summed E-state index contributed by atoms with van der Waals surface area (Å²) < 4.78 is 12.9. The number of halogens is 2. The van der Waals surface area contributed by atoms with Gasteiger partial charge in [-0.15, -0.1) is 0 Å². The summed E-state index contributed by atoms with van der Waals surface area (Å²) in [5, 5.41) is 3.51. The highest BCUT2D eigenvalue weighted by molar-refractivity contribution is 6.33. The van der Waals surface area contributed by atoms with Crippen molar-refractivity contribution in [1.29, 1.82) is 0 Å². The summed E-state index contributed by atoms with van der Waals surface area (Å²) in [5.74, 6) is -0.313. The van der Waals surface area contributed by atoms with Crippen LogP contribution < -0.4 is 5.32 Å². The maximum atomic E-state index is 12.9. The molecular weight excluding hydrogens is 217 g/mol. The minimum absolute atomic E-state index is 0.313. The average Bonchev–Trinajstić information content (AvgIpc) is 2.72. The van der Waals surface area contributed by atoms with Crippen LogP contribution in [0.3, 0.4) is 0 Å². The summed E-state index contributed by atoms with van der Waals surface area (Å²) in [7, 11) is 0. The molecule has 2 N–H and O–H groups in total. The molecule has 0 radical (unpaired) electrons. The number of H-pyrrole nitrogens is 1. The van der Waals surface area contributed by atoms with Crippen LogP contribution in [0.5, 0.6) is 0 Å². The third-order valence-corrected chi connectivity index (χ3v) is 2.28. The van der Waals surface area contributed by atoms with Gasteiger partial charge in [-0.3, -0.25) is 0 Å². The van der Waals surface area contributed by atoms with E-state index in [-0.39, 0.29) is 5.82 Å². The zero-order valence-corrected chi connectivity index (χ0v) is 8.55. The smallest absolute Gasteiger partial charge is 0.125 e. The average molecular weight is 226 g/mol. The van der Waals surface area contributed by atoms with Crippen molar-refractivity contribution in [3.8, 4) is 0 Å². The molecule has 0 unspecified atom stereocenters. The molecule has 5 heteroatoms. The van der Waals surface area contributed by atoms with Crippen molar-refractivity contribution in [2.45, 2.75) is 6.54 Å². The van der Waals surface area contributed by atoms with E-state index in [1.165, 1.54) is 18.2 Å². The van der Waals surface area contributed by atoms with Crippen LogP contribution in [0.25, 0.3) is 0 Å². The first-order chi connectivity index (χ1) is 7.25. The molecule has 0 fully saturated rings. The van der Waals surface area contributed by atoms with Gasteiger partial charge in [-0.1, -0.05) is 11.6 Å². The van der Waals surface area contributed by atoms with Crippen LogP contribution in [0.4, 0.5) is 10.1 Å². The van der Waals surface area contributed by atoms with Crippen LogP contribution >= 0.6 is 11.6 Å². The second-order valence-corrected chi connectivity index (χ2v) is 3.46.